The summed E-state index contributed by atoms with van der Waals surface area (Å²) < 4.78 is 34.1. The largest absolute Gasteiger partial charge is 0.494 e. The normalized spacial score (nSPS) is 10.9. The maximum absolute atomic E-state index is 14.4. The van der Waals surface area contributed by atoms with Crippen LogP contribution in [-0.4, -0.2) is 30.0 Å². The molecule has 152 valence electrons. The second-order valence-electron chi connectivity index (χ2n) is 6.74. The number of hydrogen-bond acceptors (Lipinski definition) is 3. The average molecular weight is 400 g/mol. The Kier molecular flexibility index (Phi) is 5.96. The summed E-state index contributed by atoms with van der Waals surface area (Å²) in [6.07, 6.45) is 0.843. The predicted octanol–water partition coefficient (Wildman–Crippen LogP) is 3.99. The zero-order chi connectivity index (χ0) is 21.1. The fraction of sp³-hybridized carbons (Fsp3) is 0.273. The molecule has 29 heavy (non-hydrogen) atoms. The van der Waals surface area contributed by atoms with Gasteiger partial charge in [0.1, 0.15) is 5.82 Å². The molecule has 0 aliphatic heterocycles. The van der Waals surface area contributed by atoms with E-state index in [0.717, 1.165) is 6.42 Å². The molecule has 0 atom stereocenters. The van der Waals surface area contributed by atoms with Gasteiger partial charge in [-0.25, -0.2) is 8.78 Å². The van der Waals surface area contributed by atoms with E-state index in [4.69, 9.17) is 4.74 Å². The van der Waals surface area contributed by atoms with Gasteiger partial charge in [0, 0.05) is 29.3 Å². The van der Waals surface area contributed by atoms with E-state index in [-0.39, 0.29) is 23.6 Å². The number of rotatable bonds is 6. The highest BCUT2D eigenvalue weighted by Crippen LogP contribution is 2.32. The zero-order valence-corrected chi connectivity index (χ0v) is 16.5. The van der Waals surface area contributed by atoms with Crippen LogP contribution in [0, 0.1) is 18.6 Å². The van der Waals surface area contributed by atoms with Crippen molar-refractivity contribution in [3.05, 3.63) is 64.9 Å². The fourth-order valence-corrected chi connectivity index (χ4v) is 3.33. The number of methoxy groups -OCH3 is 1. The van der Waals surface area contributed by atoms with Gasteiger partial charge in [-0.2, -0.15) is 0 Å². The molecule has 0 aliphatic rings. The number of amides is 1. The summed E-state index contributed by atoms with van der Waals surface area (Å²) in [5.41, 5.74) is 1.72. The van der Waals surface area contributed by atoms with Crippen LogP contribution in [0.25, 0.3) is 10.9 Å². The summed E-state index contributed by atoms with van der Waals surface area (Å²) in [6, 6.07) is 7.84. The van der Waals surface area contributed by atoms with Gasteiger partial charge in [0.05, 0.1) is 19.0 Å². The molecule has 0 fully saturated rings. The second-order valence-corrected chi connectivity index (χ2v) is 6.74. The third-order valence-electron chi connectivity index (χ3n) is 4.81. The Morgan fingerprint density at radius 2 is 1.83 bits per heavy atom. The number of carbonyl (C=O) groups excluding carboxylic acids is 2. The standard InChI is InChI=1S/C22H22F2N2O3/c1-4-9-25-21(27)11-16-13(2)26(22(28)14-5-7-15(23)8-6-14)19-12-18(24)20(29-3)10-17(16)19/h5-8,10,12H,4,9,11H2,1-3H3,(H,25,27). The maximum atomic E-state index is 14.4. The summed E-state index contributed by atoms with van der Waals surface area (Å²) in [5.74, 6) is -1.67. The lowest BCUT2D eigenvalue weighted by atomic mass is 10.1. The Balaban J connectivity index is 2.17. The van der Waals surface area contributed by atoms with Crippen LogP contribution in [0.4, 0.5) is 8.78 Å². The molecule has 0 radical (unpaired) electrons. The number of hydrogen-bond donors (Lipinski definition) is 1. The molecule has 3 rings (SSSR count). The van der Waals surface area contributed by atoms with Crippen molar-refractivity contribution in [3.8, 4) is 5.75 Å². The monoisotopic (exact) mass is 400 g/mol. The van der Waals surface area contributed by atoms with E-state index < -0.39 is 17.5 Å². The minimum atomic E-state index is -0.618. The van der Waals surface area contributed by atoms with Crippen LogP contribution in [0.5, 0.6) is 5.75 Å². The number of aromatic nitrogens is 1. The van der Waals surface area contributed by atoms with Crippen LogP contribution in [-0.2, 0) is 11.2 Å². The molecule has 0 unspecified atom stereocenters. The van der Waals surface area contributed by atoms with E-state index in [1.807, 2.05) is 6.92 Å². The first kappa shape index (κ1) is 20.5. The van der Waals surface area contributed by atoms with Crippen molar-refractivity contribution in [1.82, 2.24) is 9.88 Å². The Morgan fingerprint density at radius 1 is 1.14 bits per heavy atom. The van der Waals surface area contributed by atoms with Gasteiger partial charge in [0.25, 0.3) is 5.91 Å². The minimum absolute atomic E-state index is 0.0269. The van der Waals surface area contributed by atoms with Gasteiger partial charge in [-0.1, -0.05) is 6.92 Å². The van der Waals surface area contributed by atoms with Crippen LogP contribution in [0.1, 0.15) is 35.0 Å². The third kappa shape index (κ3) is 3.99. The molecule has 0 bridgehead atoms. The van der Waals surface area contributed by atoms with Crippen LogP contribution >= 0.6 is 0 Å². The molecule has 1 aromatic heterocycles. The van der Waals surface area contributed by atoms with E-state index in [1.54, 1.807) is 6.92 Å². The molecule has 1 heterocycles. The fourth-order valence-electron chi connectivity index (χ4n) is 3.33. The number of carbonyl (C=O) groups is 2. The van der Waals surface area contributed by atoms with Crippen molar-refractivity contribution in [2.24, 2.45) is 0 Å². The third-order valence-corrected chi connectivity index (χ3v) is 4.81. The van der Waals surface area contributed by atoms with Crippen LogP contribution in [0.15, 0.2) is 36.4 Å². The number of fused-ring (bicyclic) bond motifs is 1. The molecule has 2 aromatic carbocycles. The first-order valence-electron chi connectivity index (χ1n) is 9.31. The Morgan fingerprint density at radius 3 is 2.45 bits per heavy atom. The second kappa shape index (κ2) is 8.43. The van der Waals surface area contributed by atoms with E-state index in [0.29, 0.717) is 28.7 Å². The van der Waals surface area contributed by atoms with Crippen molar-refractivity contribution < 1.29 is 23.1 Å². The highest BCUT2D eigenvalue weighted by molar-refractivity contribution is 6.05. The average Bonchev–Trinajstić information content (AvgIpc) is 2.96. The highest BCUT2D eigenvalue weighted by atomic mass is 19.1. The van der Waals surface area contributed by atoms with E-state index in [9.17, 15) is 18.4 Å². The molecular formula is C22H22F2N2O3. The number of nitrogens with one attached hydrogen (secondary N) is 1. The SMILES string of the molecule is CCCNC(=O)Cc1c(C)n(C(=O)c2ccc(F)cc2)c2cc(F)c(OC)cc12. The van der Waals surface area contributed by atoms with Crippen molar-refractivity contribution in [1.29, 1.82) is 0 Å². The minimum Gasteiger partial charge on any atom is -0.494 e. The Labute approximate surface area is 167 Å². The van der Waals surface area contributed by atoms with Gasteiger partial charge in [0.15, 0.2) is 11.6 Å². The lowest BCUT2D eigenvalue weighted by molar-refractivity contribution is -0.120. The number of nitrogens with zero attached hydrogens (tertiary/aromatic N) is 1. The lowest BCUT2D eigenvalue weighted by Crippen LogP contribution is -2.26. The number of ether oxygens (including phenoxy) is 1. The van der Waals surface area contributed by atoms with E-state index >= 15 is 0 Å². The topological polar surface area (TPSA) is 60.3 Å². The predicted molar refractivity (Wildman–Crippen MR) is 106 cm³/mol. The van der Waals surface area contributed by atoms with Gasteiger partial charge in [-0.15, -0.1) is 0 Å². The quantitative estimate of drug-likeness (QED) is 0.681. The summed E-state index contributed by atoms with van der Waals surface area (Å²) in [5, 5.41) is 3.37. The molecule has 7 heteroatoms. The van der Waals surface area contributed by atoms with Gasteiger partial charge in [0.2, 0.25) is 5.91 Å². The van der Waals surface area contributed by atoms with Crippen molar-refractivity contribution in [3.63, 3.8) is 0 Å². The maximum Gasteiger partial charge on any atom is 0.262 e. The summed E-state index contributed by atoms with van der Waals surface area (Å²) in [7, 11) is 1.35. The molecule has 0 saturated carbocycles. The first-order valence-corrected chi connectivity index (χ1v) is 9.31. The van der Waals surface area contributed by atoms with Crippen LogP contribution in [0.2, 0.25) is 0 Å². The smallest absolute Gasteiger partial charge is 0.262 e. The Hall–Kier alpha value is -3.22. The number of benzene rings is 2. The van der Waals surface area contributed by atoms with Gasteiger partial charge in [-0.05, 0) is 49.2 Å². The van der Waals surface area contributed by atoms with Gasteiger partial charge >= 0.3 is 0 Å². The summed E-state index contributed by atoms with van der Waals surface area (Å²) in [6.45, 7) is 4.20. The lowest BCUT2D eigenvalue weighted by Gasteiger charge is -2.08. The van der Waals surface area contributed by atoms with E-state index in [1.165, 1.54) is 48.1 Å². The van der Waals surface area contributed by atoms with Crippen LogP contribution in [0.3, 0.4) is 0 Å². The van der Waals surface area contributed by atoms with Crippen LogP contribution < -0.4 is 10.1 Å². The molecular weight excluding hydrogens is 378 g/mol. The van der Waals surface area contributed by atoms with Gasteiger partial charge < -0.3 is 10.1 Å². The molecule has 5 nitrogen and oxygen atoms in total. The van der Waals surface area contributed by atoms with Gasteiger partial charge in [-0.3, -0.25) is 14.2 Å². The van der Waals surface area contributed by atoms with E-state index in [2.05, 4.69) is 5.32 Å². The molecule has 0 aliphatic carbocycles. The molecule has 1 N–H and O–H groups in total. The van der Waals surface area contributed by atoms with Crippen molar-refractivity contribution >= 4 is 22.7 Å². The molecule has 1 amide bonds. The van der Waals surface area contributed by atoms with Crippen molar-refractivity contribution in [2.45, 2.75) is 26.7 Å². The molecule has 3 aromatic rings. The van der Waals surface area contributed by atoms with Crippen molar-refractivity contribution in [2.75, 3.05) is 13.7 Å². The molecule has 0 spiro atoms. The number of halogens is 2. The summed E-state index contributed by atoms with van der Waals surface area (Å²) in [4.78, 5) is 25.4. The highest BCUT2D eigenvalue weighted by Gasteiger charge is 2.23. The zero-order valence-electron chi connectivity index (χ0n) is 16.5. The molecule has 0 saturated heterocycles. The Bertz CT molecular complexity index is 1070. The first-order chi connectivity index (χ1) is 13.9. The summed E-state index contributed by atoms with van der Waals surface area (Å²) >= 11 is 0.